The molecule has 1 aromatic rings. The lowest BCUT2D eigenvalue weighted by Gasteiger charge is -2.23. The molecule has 1 rings (SSSR count). The summed E-state index contributed by atoms with van der Waals surface area (Å²) in [4.78, 5) is 24.3. The molecule has 0 spiro atoms. The Morgan fingerprint density at radius 1 is 1.37 bits per heavy atom. The number of nitrogens with one attached hydrogen (secondary N) is 1. The lowest BCUT2D eigenvalue weighted by Crippen LogP contribution is -2.39. The van der Waals surface area contributed by atoms with Crippen molar-refractivity contribution in [3.05, 3.63) is 28.7 Å². The summed E-state index contributed by atoms with van der Waals surface area (Å²) < 4.78 is 0.928. The van der Waals surface area contributed by atoms with Gasteiger partial charge in [0.15, 0.2) is 0 Å². The zero-order chi connectivity index (χ0) is 14.4. The van der Waals surface area contributed by atoms with Crippen molar-refractivity contribution >= 4 is 33.6 Å². The maximum Gasteiger partial charge on any atom is 0.321 e. The summed E-state index contributed by atoms with van der Waals surface area (Å²) in [7, 11) is 0. The molecule has 2 N–H and O–H groups in total. The van der Waals surface area contributed by atoms with Gasteiger partial charge in [-0.1, -0.05) is 22.9 Å². The number of amides is 2. The number of rotatable bonds is 5. The molecule has 1 unspecified atom stereocenters. The molecule has 0 heterocycles. The third-order valence-corrected chi connectivity index (χ3v) is 3.21. The van der Waals surface area contributed by atoms with Crippen LogP contribution in [-0.4, -0.2) is 35.1 Å². The first kappa shape index (κ1) is 15.5. The molecule has 1 aromatic carbocycles. The predicted octanol–water partition coefficient (Wildman–Crippen LogP) is 3.02. The van der Waals surface area contributed by atoms with Crippen molar-refractivity contribution in [2.24, 2.45) is 5.92 Å². The molecule has 0 saturated heterocycles. The van der Waals surface area contributed by atoms with Gasteiger partial charge in [0.2, 0.25) is 0 Å². The number of benzene rings is 1. The van der Waals surface area contributed by atoms with Crippen LogP contribution in [0.2, 0.25) is 0 Å². The summed E-state index contributed by atoms with van der Waals surface area (Å²) in [5.41, 5.74) is 0.676. The van der Waals surface area contributed by atoms with Crippen molar-refractivity contribution in [2.75, 3.05) is 18.4 Å². The van der Waals surface area contributed by atoms with Gasteiger partial charge in [0, 0.05) is 23.2 Å². The van der Waals surface area contributed by atoms with E-state index in [0.717, 1.165) is 4.47 Å². The van der Waals surface area contributed by atoms with E-state index < -0.39 is 11.9 Å². The molecule has 0 aliphatic heterocycles. The van der Waals surface area contributed by atoms with Crippen LogP contribution < -0.4 is 5.32 Å². The topological polar surface area (TPSA) is 69.6 Å². The number of anilines is 1. The Morgan fingerprint density at radius 2 is 1.95 bits per heavy atom. The minimum Gasteiger partial charge on any atom is -0.481 e. The third-order valence-electron chi connectivity index (χ3n) is 2.68. The highest BCUT2D eigenvalue weighted by atomic mass is 79.9. The largest absolute Gasteiger partial charge is 0.481 e. The van der Waals surface area contributed by atoms with Gasteiger partial charge in [0.05, 0.1) is 5.92 Å². The highest BCUT2D eigenvalue weighted by Gasteiger charge is 2.19. The second-order valence-corrected chi connectivity index (χ2v) is 5.13. The molecule has 0 aliphatic carbocycles. The van der Waals surface area contributed by atoms with Crippen molar-refractivity contribution in [3.63, 3.8) is 0 Å². The Kier molecular flexibility index (Phi) is 5.82. The Balaban J connectivity index is 2.63. The Labute approximate surface area is 120 Å². The molecular formula is C13H17BrN2O3. The van der Waals surface area contributed by atoms with Crippen LogP contribution >= 0.6 is 15.9 Å². The van der Waals surface area contributed by atoms with Crippen LogP contribution in [0.1, 0.15) is 13.8 Å². The molecule has 6 heteroatoms. The zero-order valence-electron chi connectivity index (χ0n) is 10.9. The van der Waals surface area contributed by atoms with E-state index >= 15 is 0 Å². The fraction of sp³-hybridized carbons (Fsp3) is 0.385. The number of hydrogen-bond donors (Lipinski definition) is 2. The lowest BCUT2D eigenvalue weighted by molar-refractivity contribution is -0.141. The van der Waals surface area contributed by atoms with Crippen LogP contribution in [0.15, 0.2) is 28.7 Å². The standard InChI is InChI=1S/C13H17BrN2O3/c1-3-16(8-9(2)12(17)18)13(19)15-11-6-4-10(14)5-7-11/h4-7,9H,3,8H2,1-2H3,(H,15,19)(H,17,18). The molecule has 0 aromatic heterocycles. The van der Waals surface area contributed by atoms with Crippen molar-refractivity contribution in [1.29, 1.82) is 0 Å². The summed E-state index contributed by atoms with van der Waals surface area (Å²) in [6, 6.07) is 6.91. The summed E-state index contributed by atoms with van der Waals surface area (Å²) in [6.45, 7) is 4.04. The minimum absolute atomic E-state index is 0.189. The molecule has 2 amide bonds. The zero-order valence-corrected chi connectivity index (χ0v) is 12.5. The van der Waals surface area contributed by atoms with Crippen LogP contribution in [0.25, 0.3) is 0 Å². The van der Waals surface area contributed by atoms with Crippen LogP contribution in [0.3, 0.4) is 0 Å². The fourth-order valence-electron chi connectivity index (χ4n) is 1.50. The van der Waals surface area contributed by atoms with E-state index in [1.54, 1.807) is 19.1 Å². The van der Waals surface area contributed by atoms with Crippen LogP contribution in [0.5, 0.6) is 0 Å². The first-order valence-corrected chi connectivity index (χ1v) is 6.77. The number of carboxylic acid groups (broad SMARTS) is 1. The van der Waals surface area contributed by atoms with Gasteiger partial charge >= 0.3 is 12.0 Å². The maximum absolute atomic E-state index is 12.0. The summed E-state index contributed by atoms with van der Waals surface area (Å²) in [5, 5.41) is 11.6. The number of carbonyl (C=O) groups is 2. The molecule has 0 saturated carbocycles. The van der Waals surface area contributed by atoms with Crippen molar-refractivity contribution in [3.8, 4) is 0 Å². The van der Waals surface area contributed by atoms with Gasteiger partial charge in [0.1, 0.15) is 0 Å². The van der Waals surface area contributed by atoms with Crippen molar-refractivity contribution in [2.45, 2.75) is 13.8 Å². The van der Waals surface area contributed by atoms with E-state index in [2.05, 4.69) is 21.2 Å². The first-order chi connectivity index (χ1) is 8.93. The van der Waals surface area contributed by atoms with Gasteiger partial charge in [-0.2, -0.15) is 0 Å². The molecule has 5 nitrogen and oxygen atoms in total. The number of aliphatic carboxylic acids is 1. The van der Waals surface area contributed by atoms with Crippen molar-refractivity contribution < 1.29 is 14.7 Å². The number of nitrogens with zero attached hydrogens (tertiary/aromatic N) is 1. The van der Waals surface area contributed by atoms with E-state index in [-0.39, 0.29) is 12.6 Å². The average molecular weight is 329 g/mol. The molecule has 104 valence electrons. The number of carboxylic acids is 1. The second-order valence-electron chi connectivity index (χ2n) is 4.21. The van der Waals surface area contributed by atoms with Gasteiger partial charge in [0.25, 0.3) is 0 Å². The van der Waals surface area contributed by atoms with E-state index in [9.17, 15) is 9.59 Å². The summed E-state index contributed by atoms with van der Waals surface area (Å²) >= 11 is 3.31. The Morgan fingerprint density at radius 3 is 2.42 bits per heavy atom. The second kappa shape index (κ2) is 7.13. The molecule has 0 radical (unpaired) electrons. The van der Waals surface area contributed by atoms with E-state index in [4.69, 9.17) is 5.11 Å². The quantitative estimate of drug-likeness (QED) is 0.872. The van der Waals surface area contributed by atoms with E-state index in [0.29, 0.717) is 12.2 Å². The van der Waals surface area contributed by atoms with Gasteiger partial charge < -0.3 is 15.3 Å². The van der Waals surface area contributed by atoms with Crippen molar-refractivity contribution in [1.82, 2.24) is 4.90 Å². The molecule has 1 atom stereocenters. The first-order valence-electron chi connectivity index (χ1n) is 5.98. The van der Waals surface area contributed by atoms with Crippen LogP contribution in [-0.2, 0) is 4.79 Å². The minimum atomic E-state index is -0.908. The summed E-state index contributed by atoms with van der Waals surface area (Å²) in [6.07, 6.45) is 0. The van der Waals surface area contributed by atoms with Crippen LogP contribution in [0, 0.1) is 5.92 Å². The number of carbonyl (C=O) groups excluding carboxylic acids is 1. The number of urea groups is 1. The Hall–Kier alpha value is -1.56. The molecular weight excluding hydrogens is 312 g/mol. The van der Waals surface area contributed by atoms with Crippen LogP contribution in [0.4, 0.5) is 10.5 Å². The molecule has 19 heavy (non-hydrogen) atoms. The average Bonchev–Trinajstić information content (AvgIpc) is 2.38. The van der Waals surface area contributed by atoms with Gasteiger partial charge in [-0.25, -0.2) is 4.79 Å². The predicted molar refractivity (Wildman–Crippen MR) is 77.2 cm³/mol. The highest BCUT2D eigenvalue weighted by Crippen LogP contribution is 2.14. The smallest absolute Gasteiger partial charge is 0.321 e. The van der Waals surface area contributed by atoms with Gasteiger partial charge in [-0.15, -0.1) is 0 Å². The van der Waals surface area contributed by atoms with Gasteiger partial charge in [-0.3, -0.25) is 4.79 Å². The summed E-state index contributed by atoms with van der Waals surface area (Å²) in [5.74, 6) is -1.49. The normalized spacial score (nSPS) is 11.7. The molecule has 0 aliphatic rings. The SMILES string of the molecule is CCN(CC(C)C(=O)O)C(=O)Nc1ccc(Br)cc1. The van der Waals surface area contributed by atoms with E-state index in [1.165, 1.54) is 4.90 Å². The number of hydrogen-bond acceptors (Lipinski definition) is 2. The maximum atomic E-state index is 12.0. The van der Waals surface area contributed by atoms with Gasteiger partial charge in [-0.05, 0) is 31.2 Å². The number of halogens is 1. The van der Waals surface area contributed by atoms with E-state index in [1.807, 2.05) is 19.1 Å². The third kappa shape index (κ3) is 4.90. The monoisotopic (exact) mass is 328 g/mol. The molecule has 0 bridgehead atoms. The highest BCUT2D eigenvalue weighted by molar-refractivity contribution is 9.10. The fourth-order valence-corrected chi connectivity index (χ4v) is 1.76. The lowest BCUT2D eigenvalue weighted by atomic mass is 10.2. The Bertz CT molecular complexity index is 448. The molecule has 0 fully saturated rings.